The molecule has 0 aliphatic rings. The fraction of sp³-hybridized carbons (Fsp3) is 0.409. The van der Waals surface area contributed by atoms with Crippen LogP contribution in [0.5, 0.6) is 0 Å². The summed E-state index contributed by atoms with van der Waals surface area (Å²) in [5, 5.41) is 3.00. The third-order valence-corrected chi connectivity index (χ3v) is 6.97. The molecule has 0 radical (unpaired) electrons. The van der Waals surface area contributed by atoms with E-state index in [2.05, 4.69) is 5.32 Å². The lowest BCUT2D eigenvalue weighted by Gasteiger charge is -2.26. The van der Waals surface area contributed by atoms with E-state index < -0.39 is 13.3 Å². The van der Waals surface area contributed by atoms with Gasteiger partial charge in [-0.25, -0.2) is 0 Å². The first kappa shape index (κ1) is 22.4. The van der Waals surface area contributed by atoms with E-state index in [1.807, 2.05) is 67.6 Å². The minimum Gasteiger partial charge on any atom is -0.350 e. The summed E-state index contributed by atoms with van der Waals surface area (Å²) in [6, 6.07) is 19.3. The SMILES string of the molecule is CCOP(=O)(OCC)C(CC(=O)N[C@H](C)c1ccccc1)Cc1ccccc1. The molecule has 0 aromatic heterocycles. The normalized spacial score (nSPS) is 13.7. The van der Waals surface area contributed by atoms with Crippen molar-refractivity contribution in [2.45, 2.75) is 45.3 Å². The molecule has 2 aromatic rings. The molecule has 2 atom stereocenters. The number of carbonyl (C=O) groups is 1. The van der Waals surface area contributed by atoms with E-state index in [4.69, 9.17) is 9.05 Å². The van der Waals surface area contributed by atoms with Crippen LogP contribution in [0.3, 0.4) is 0 Å². The van der Waals surface area contributed by atoms with Gasteiger partial charge in [0.25, 0.3) is 0 Å². The molecule has 0 heterocycles. The van der Waals surface area contributed by atoms with Crippen LogP contribution in [0.2, 0.25) is 0 Å². The van der Waals surface area contributed by atoms with Gasteiger partial charge in [-0.3, -0.25) is 9.36 Å². The summed E-state index contributed by atoms with van der Waals surface area (Å²) in [6.07, 6.45) is 0.522. The first-order valence-electron chi connectivity index (χ1n) is 9.75. The average molecular weight is 403 g/mol. The number of nitrogens with one attached hydrogen (secondary N) is 1. The number of carbonyl (C=O) groups excluding carboxylic acids is 1. The fourth-order valence-electron chi connectivity index (χ4n) is 3.13. The molecule has 1 amide bonds. The third kappa shape index (κ3) is 6.59. The lowest BCUT2D eigenvalue weighted by atomic mass is 10.1. The Bertz CT molecular complexity index is 757. The topological polar surface area (TPSA) is 64.6 Å². The minimum absolute atomic E-state index is 0.0728. The van der Waals surface area contributed by atoms with Gasteiger partial charge in [0.15, 0.2) is 0 Å². The molecule has 5 nitrogen and oxygen atoms in total. The fourth-order valence-corrected chi connectivity index (χ4v) is 5.17. The van der Waals surface area contributed by atoms with Gasteiger partial charge in [0.1, 0.15) is 0 Å². The summed E-state index contributed by atoms with van der Waals surface area (Å²) in [5.74, 6) is -0.170. The Morgan fingerprint density at radius 1 is 0.964 bits per heavy atom. The highest BCUT2D eigenvalue weighted by molar-refractivity contribution is 7.54. The van der Waals surface area contributed by atoms with Crippen LogP contribution in [0.15, 0.2) is 60.7 Å². The molecule has 0 fully saturated rings. The van der Waals surface area contributed by atoms with Crippen molar-refractivity contribution in [1.29, 1.82) is 0 Å². The second kappa shape index (κ2) is 11.2. The van der Waals surface area contributed by atoms with Crippen molar-refractivity contribution < 1.29 is 18.4 Å². The van der Waals surface area contributed by atoms with Gasteiger partial charge in [-0.05, 0) is 38.3 Å². The highest BCUT2D eigenvalue weighted by Gasteiger charge is 2.37. The molecular formula is C22H30NO4P. The maximum Gasteiger partial charge on any atom is 0.334 e. The Kier molecular flexibility index (Phi) is 8.91. The standard InChI is InChI=1S/C22H30NO4P/c1-4-26-28(25,27-5-2)21(16-19-12-8-6-9-13-19)17-22(24)23-18(3)20-14-10-7-11-15-20/h6-15,18,21H,4-5,16-17H2,1-3H3,(H,23,24)/t18-,21?/m1/s1. The predicted molar refractivity (Wildman–Crippen MR) is 112 cm³/mol. The van der Waals surface area contributed by atoms with Crippen molar-refractivity contribution in [2.75, 3.05) is 13.2 Å². The molecule has 0 aliphatic carbocycles. The highest BCUT2D eigenvalue weighted by Crippen LogP contribution is 2.55. The molecule has 2 rings (SSSR count). The van der Waals surface area contributed by atoms with Crippen LogP contribution in [0.1, 0.15) is 44.4 Å². The molecule has 2 aromatic carbocycles. The van der Waals surface area contributed by atoms with Gasteiger partial charge in [-0.15, -0.1) is 0 Å². The third-order valence-electron chi connectivity index (χ3n) is 4.48. The molecule has 1 N–H and O–H groups in total. The molecule has 0 saturated carbocycles. The van der Waals surface area contributed by atoms with E-state index in [-0.39, 0.29) is 31.6 Å². The van der Waals surface area contributed by atoms with Gasteiger partial charge in [0, 0.05) is 6.42 Å². The summed E-state index contributed by atoms with van der Waals surface area (Å²) in [5.41, 5.74) is 1.47. The smallest absolute Gasteiger partial charge is 0.334 e. The summed E-state index contributed by atoms with van der Waals surface area (Å²) in [6.45, 7) is 6.03. The van der Waals surface area contributed by atoms with Crippen molar-refractivity contribution in [1.82, 2.24) is 5.32 Å². The van der Waals surface area contributed by atoms with Crippen molar-refractivity contribution in [2.24, 2.45) is 0 Å². The number of hydrogen-bond acceptors (Lipinski definition) is 4. The molecule has 0 saturated heterocycles. The first-order chi connectivity index (χ1) is 13.5. The summed E-state index contributed by atoms with van der Waals surface area (Å²) >= 11 is 0. The largest absolute Gasteiger partial charge is 0.350 e. The zero-order valence-corrected chi connectivity index (χ0v) is 17.7. The van der Waals surface area contributed by atoms with Crippen molar-refractivity contribution in [3.8, 4) is 0 Å². The number of hydrogen-bond donors (Lipinski definition) is 1. The van der Waals surface area contributed by atoms with Gasteiger partial charge in [-0.2, -0.15) is 0 Å². The van der Waals surface area contributed by atoms with Crippen molar-refractivity contribution >= 4 is 13.5 Å². The molecular weight excluding hydrogens is 373 g/mol. The quantitative estimate of drug-likeness (QED) is 0.528. The van der Waals surface area contributed by atoms with E-state index in [9.17, 15) is 9.36 Å². The number of rotatable bonds is 11. The lowest BCUT2D eigenvalue weighted by Crippen LogP contribution is -2.31. The van der Waals surface area contributed by atoms with Crippen LogP contribution in [0, 0.1) is 0 Å². The molecule has 0 bridgehead atoms. The van der Waals surface area contributed by atoms with Crippen LogP contribution in [0.25, 0.3) is 0 Å². The molecule has 0 spiro atoms. The highest BCUT2D eigenvalue weighted by atomic mass is 31.2. The van der Waals surface area contributed by atoms with E-state index in [1.165, 1.54) is 0 Å². The predicted octanol–water partition coefficient (Wildman–Crippen LogP) is 5.13. The molecule has 152 valence electrons. The summed E-state index contributed by atoms with van der Waals surface area (Å²) in [7, 11) is -3.43. The first-order valence-corrected chi connectivity index (χ1v) is 11.4. The summed E-state index contributed by atoms with van der Waals surface area (Å²) in [4.78, 5) is 12.7. The van der Waals surface area contributed by atoms with Crippen LogP contribution in [0.4, 0.5) is 0 Å². The monoisotopic (exact) mass is 403 g/mol. The Labute approximate surface area is 168 Å². The Morgan fingerprint density at radius 2 is 1.50 bits per heavy atom. The van der Waals surface area contributed by atoms with E-state index in [0.717, 1.165) is 11.1 Å². The Morgan fingerprint density at radius 3 is 2.04 bits per heavy atom. The lowest BCUT2D eigenvalue weighted by molar-refractivity contribution is -0.121. The average Bonchev–Trinajstić information content (AvgIpc) is 2.69. The Hall–Kier alpha value is -1.94. The zero-order valence-electron chi connectivity index (χ0n) is 16.8. The molecule has 1 unspecified atom stereocenters. The van der Waals surface area contributed by atoms with E-state index in [1.54, 1.807) is 13.8 Å². The van der Waals surface area contributed by atoms with Gasteiger partial charge in [0.2, 0.25) is 5.91 Å². The van der Waals surface area contributed by atoms with Crippen molar-refractivity contribution in [3.05, 3.63) is 71.8 Å². The minimum atomic E-state index is -3.43. The van der Waals surface area contributed by atoms with Crippen LogP contribution < -0.4 is 5.32 Å². The van der Waals surface area contributed by atoms with E-state index in [0.29, 0.717) is 6.42 Å². The second-order valence-electron chi connectivity index (χ2n) is 6.62. The number of amides is 1. The van der Waals surface area contributed by atoms with Crippen LogP contribution in [-0.2, 0) is 24.8 Å². The summed E-state index contributed by atoms with van der Waals surface area (Å²) < 4.78 is 24.5. The second-order valence-corrected chi connectivity index (χ2v) is 8.95. The zero-order chi connectivity index (χ0) is 20.4. The van der Waals surface area contributed by atoms with Crippen LogP contribution in [-0.4, -0.2) is 24.8 Å². The Balaban J connectivity index is 2.15. The van der Waals surface area contributed by atoms with Gasteiger partial charge in [0.05, 0.1) is 24.9 Å². The van der Waals surface area contributed by atoms with Crippen LogP contribution >= 0.6 is 7.60 Å². The molecule has 0 aliphatic heterocycles. The number of benzene rings is 2. The van der Waals surface area contributed by atoms with Gasteiger partial charge >= 0.3 is 7.60 Å². The van der Waals surface area contributed by atoms with Crippen molar-refractivity contribution in [3.63, 3.8) is 0 Å². The van der Waals surface area contributed by atoms with Gasteiger partial charge < -0.3 is 14.4 Å². The van der Waals surface area contributed by atoms with E-state index >= 15 is 0 Å². The maximum atomic E-state index is 13.4. The maximum absolute atomic E-state index is 13.4. The van der Waals surface area contributed by atoms with Gasteiger partial charge in [-0.1, -0.05) is 60.7 Å². The molecule has 6 heteroatoms. The molecule has 28 heavy (non-hydrogen) atoms.